The van der Waals surface area contributed by atoms with Gasteiger partial charge in [-0.1, -0.05) is 6.07 Å². The van der Waals surface area contributed by atoms with Gasteiger partial charge in [-0.2, -0.15) is 13.2 Å². The quantitative estimate of drug-likeness (QED) is 0.639. The van der Waals surface area contributed by atoms with Gasteiger partial charge in [0.05, 0.1) is 5.56 Å². The Morgan fingerprint density at radius 3 is 2.35 bits per heavy atom. The molecule has 0 unspecified atom stereocenters. The van der Waals surface area contributed by atoms with Gasteiger partial charge in [0.1, 0.15) is 5.75 Å². The monoisotopic (exact) mass is 374 g/mol. The summed E-state index contributed by atoms with van der Waals surface area (Å²) in [6, 6.07) is 6.27. The van der Waals surface area contributed by atoms with Crippen molar-refractivity contribution in [1.29, 1.82) is 0 Å². The summed E-state index contributed by atoms with van der Waals surface area (Å²) in [7, 11) is 0. The highest BCUT2D eigenvalue weighted by Gasteiger charge is 2.30. The van der Waals surface area contributed by atoms with Crippen molar-refractivity contribution in [2.45, 2.75) is 6.18 Å². The molecule has 0 heterocycles. The average molecular weight is 374 g/mol. The number of rotatable bonds is 4. The van der Waals surface area contributed by atoms with E-state index >= 15 is 0 Å². The van der Waals surface area contributed by atoms with E-state index in [0.717, 1.165) is 24.3 Å². The predicted octanol–water partition coefficient (Wildman–Crippen LogP) is 2.82. The first-order valence-corrected chi connectivity index (χ1v) is 7.01. The smallest absolute Gasteiger partial charge is 0.416 e. The molecular weight excluding hydrogens is 363 g/mol. The Morgan fingerprint density at radius 2 is 1.69 bits per heavy atom. The fourth-order valence-corrected chi connectivity index (χ4v) is 1.78. The number of carbonyl (C=O) groups excluding carboxylic acids is 2. The standard InChI is InChI=1S/C16H11F5N2O3/c17-12-5-4-9(6-13(12)18)15(25)23-22-14(24)8-26-11-3-1-2-10(7-11)16(19,20)21/h1-7H,8H2,(H,22,24)(H,23,25). The Labute approximate surface area is 143 Å². The third kappa shape index (κ3) is 5.16. The van der Waals surface area contributed by atoms with Crippen LogP contribution in [-0.2, 0) is 11.0 Å². The number of hydrazine groups is 1. The van der Waals surface area contributed by atoms with Crippen molar-refractivity contribution in [2.75, 3.05) is 6.61 Å². The maximum atomic E-state index is 13.0. The summed E-state index contributed by atoms with van der Waals surface area (Å²) in [5.74, 6) is -4.37. The van der Waals surface area contributed by atoms with Gasteiger partial charge in [0.25, 0.3) is 11.8 Å². The molecule has 2 rings (SSSR count). The second kappa shape index (κ2) is 7.81. The molecule has 0 spiro atoms. The van der Waals surface area contributed by atoms with Crippen LogP contribution in [-0.4, -0.2) is 18.4 Å². The minimum atomic E-state index is -4.56. The molecule has 26 heavy (non-hydrogen) atoms. The number of ether oxygens (including phenoxy) is 1. The summed E-state index contributed by atoms with van der Waals surface area (Å²) in [4.78, 5) is 23.2. The van der Waals surface area contributed by atoms with Gasteiger partial charge in [-0.05, 0) is 36.4 Å². The SMILES string of the molecule is O=C(COc1cccc(C(F)(F)F)c1)NNC(=O)c1ccc(F)c(F)c1. The first kappa shape index (κ1) is 19.2. The second-order valence-corrected chi connectivity index (χ2v) is 4.95. The van der Waals surface area contributed by atoms with Crippen molar-refractivity contribution in [3.05, 3.63) is 65.2 Å². The number of hydrogen-bond donors (Lipinski definition) is 2. The highest BCUT2D eigenvalue weighted by Crippen LogP contribution is 2.31. The molecule has 0 saturated carbocycles. The van der Waals surface area contributed by atoms with Crippen LogP contribution in [0.3, 0.4) is 0 Å². The minimum absolute atomic E-state index is 0.193. The van der Waals surface area contributed by atoms with E-state index in [9.17, 15) is 31.5 Å². The van der Waals surface area contributed by atoms with Crippen LogP contribution in [0, 0.1) is 11.6 Å². The van der Waals surface area contributed by atoms with E-state index in [1.165, 1.54) is 6.07 Å². The average Bonchev–Trinajstić information content (AvgIpc) is 2.59. The fraction of sp³-hybridized carbons (Fsp3) is 0.125. The molecule has 0 aromatic heterocycles. The van der Waals surface area contributed by atoms with Crippen molar-refractivity contribution in [2.24, 2.45) is 0 Å². The predicted molar refractivity (Wildman–Crippen MR) is 78.9 cm³/mol. The minimum Gasteiger partial charge on any atom is -0.484 e. The van der Waals surface area contributed by atoms with Crippen LogP contribution in [0.5, 0.6) is 5.75 Å². The van der Waals surface area contributed by atoms with E-state index in [0.29, 0.717) is 12.1 Å². The molecule has 5 nitrogen and oxygen atoms in total. The molecule has 138 valence electrons. The number of benzene rings is 2. The van der Waals surface area contributed by atoms with Crippen molar-refractivity contribution in [3.8, 4) is 5.75 Å². The topological polar surface area (TPSA) is 67.4 Å². The van der Waals surface area contributed by atoms with Crippen LogP contribution in [0.25, 0.3) is 0 Å². The number of nitrogens with one attached hydrogen (secondary N) is 2. The molecule has 0 atom stereocenters. The summed E-state index contributed by atoms with van der Waals surface area (Å²) in [5.41, 5.74) is 2.67. The van der Waals surface area contributed by atoms with Gasteiger partial charge < -0.3 is 4.74 Å². The molecule has 0 radical (unpaired) electrons. The van der Waals surface area contributed by atoms with Gasteiger partial charge in [0, 0.05) is 5.56 Å². The summed E-state index contributed by atoms with van der Waals surface area (Å²) >= 11 is 0. The number of hydrogen-bond acceptors (Lipinski definition) is 3. The van der Waals surface area contributed by atoms with Crippen LogP contribution < -0.4 is 15.6 Å². The number of alkyl halides is 3. The fourth-order valence-electron chi connectivity index (χ4n) is 1.78. The van der Waals surface area contributed by atoms with Gasteiger partial charge in [0.2, 0.25) is 0 Å². The molecule has 0 fully saturated rings. The van der Waals surface area contributed by atoms with Gasteiger partial charge in [0.15, 0.2) is 18.2 Å². The lowest BCUT2D eigenvalue weighted by Crippen LogP contribution is -2.43. The van der Waals surface area contributed by atoms with Crippen molar-refractivity contribution >= 4 is 11.8 Å². The van der Waals surface area contributed by atoms with Crippen molar-refractivity contribution < 1.29 is 36.3 Å². The zero-order valence-electron chi connectivity index (χ0n) is 12.9. The van der Waals surface area contributed by atoms with Crippen molar-refractivity contribution in [1.82, 2.24) is 10.9 Å². The number of halogens is 5. The summed E-state index contributed by atoms with van der Waals surface area (Å²) < 4.78 is 68.4. The van der Waals surface area contributed by atoms with E-state index < -0.39 is 41.8 Å². The maximum absolute atomic E-state index is 13.0. The van der Waals surface area contributed by atoms with Gasteiger partial charge >= 0.3 is 6.18 Å². The Hall–Kier alpha value is -3.17. The largest absolute Gasteiger partial charge is 0.484 e. The first-order valence-electron chi connectivity index (χ1n) is 7.01. The molecule has 2 N–H and O–H groups in total. The lowest BCUT2D eigenvalue weighted by molar-refractivity contribution is -0.137. The first-order chi connectivity index (χ1) is 12.2. The maximum Gasteiger partial charge on any atom is 0.416 e. The zero-order valence-corrected chi connectivity index (χ0v) is 12.9. The van der Waals surface area contributed by atoms with E-state index in [1.807, 2.05) is 10.9 Å². The molecule has 2 aromatic rings. The van der Waals surface area contributed by atoms with E-state index in [2.05, 4.69) is 0 Å². The lowest BCUT2D eigenvalue weighted by atomic mass is 10.2. The highest BCUT2D eigenvalue weighted by atomic mass is 19.4. The Kier molecular flexibility index (Phi) is 5.75. The summed E-state index contributed by atoms with van der Waals surface area (Å²) in [6.07, 6.45) is -4.56. The van der Waals surface area contributed by atoms with Crippen LogP contribution >= 0.6 is 0 Å². The Bertz CT molecular complexity index is 824. The van der Waals surface area contributed by atoms with Crippen molar-refractivity contribution in [3.63, 3.8) is 0 Å². The van der Waals surface area contributed by atoms with E-state index in [1.54, 1.807) is 0 Å². The summed E-state index contributed by atoms with van der Waals surface area (Å²) in [5, 5.41) is 0. The molecular formula is C16H11F5N2O3. The Morgan fingerprint density at radius 1 is 0.962 bits per heavy atom. The van der Waals surface area contributed by atoms with Crippen LogP contribution in [0.1, 0.15) is 15.9 Å². The zero-order chi connectivity index (χ0) is 19.3. The van der Waals surface area contributed by atoms with E-state index in [-0.39, 0.29) is 11.3 Å². The number of amides is 2. The van der Waals surface area contributed by atoms with Crippen LogP contribution in [0.2, 0.25) is 0 Å². The lowest BCUT2D eigenvalue weighted by Gasteiger charge is -2.11. The van der Waals surface area contributed by atoms with Crippen LogP contribution in [0.15, 0.2) is 42.5 Å². The van der Waals surface area contributed by atoms with Gasteiger partial charge in [-0.25, -0.2) is 8.78 Å². The normalized spacial score (nSPS) is 11.0. The molecule has 0 aliphatic rings. The highest BCUT2D eigenvalue weighted by molar-refractivity contribution is 5.95. The second-order valence-electron chi connectivity index (χ2n) is 4.95. The molecule has 0 saturated heterocycles. The molecule has 2 aromatic carbocycles. The molecule has 10 heteroatoms. The van der Waals surface area contributed by atoms with Crippen LogP contribution in [0.4, 0.5) is 22.0 Å². The molecule has 0 aliphatic carbocycles. The van der Waals surface area contributed by atoms with Gasteiger partial charge in [-0.15, -0.1) is 0 Å². The molecule has 2 amide bonds. The Balaban J connectivity index is 1.85. The number of carbonyl (C=O) groups is 2. The van der Waals surface area contributed by atoms with Gasteiger partial charge in [-0.3, -0.25) is 20.4 Å². The van der Waals surface area contributed by atoms with E-state index in [4.69, 9.17) is 4.74 Å². The third-order valence-corrected chi connectivity index (χ3v) is 3.03. The third-order valence-electron chi connectivity index (χ3n) is 3.03. The molecule has 0 bridgehead atoms. The summed E-state index contributed by atoms with van der Waals surface area (Å²) in [6.45, 7) is -0.681. The molecule has 0 aliphatic heterocycles.